The molecule has 0 saturated heterocycles. The van der Waals surface area contributed by atoms with Gasteiger partial charge in [-0.25, -0.2) is 0 Å². The summed E-state index contributed by atoms with van der Waals surface area (Å²) >= 11 is 3.43. The summed E-state index contributed by atoms with van der Waals surface area (Å²) in [6.45, 7) is 8.93. The Kier molecular flexibility index (Phi) is 4.89. The Bertz CT molecular complexity index is 331. The number of halogens is 1. The van der Waals surface area contributed by atoms with Crippen molar-refractivity contribution in [3.8, 4) is 5.75 Å². The molecule has 1 aromatic carbocycles. The van der Waals surface area contributed by atoms with Crippen LogP contribution < -0.4 is 4.74 Å². The fourth-order valence-electron chi connectivity index (χ4n) is 1.21. The first-order valence-electron chi connectivity index (χ1n) is 5.18. The first-order chi connectivity index (χ1) is 7.13. The van der Waals surface area contributed by atoms with Crippen molar-refractivity contribution in [3.05, 3.63) is 34.8 Å². The molecule has 0 N–H and O–H groups in total. The zero-order chi connectivity index (χ0) is 11.3. The van der Waals surface area contributed by atoms with Crippen LogP contribution in [0.15, 0.2) is 29.3 Å². The molecule has 0 unspecified atom stereocenters. The third kappa shape index (κ3) is 4.08. The highest BCUT2D eigenvalue weighted by atomic mass is 79.9. The largest absolute Gasteiger partial charge is 0.493 e. The van der Waals surface area contributed by atoms with E-state index in [-0.39, 0.29) is 0 Å². The lowest BCUT2D eigenvalue weighted by atomic mass is 10.1. The van der Waals surface area contributed by atoms with E-state index in [1.807, 2.05) is 24.3 Å². The van der Waals surface area contributed by atoms with E-state index in [0.29, 0.717) is 5.92 Å². The van der Waals surface area contributed by atoms with Gasteiger partial charge in [0.25, 0.3) is 0 Å². The monoisotopic (exact) mass is 268 g/mol. The smallest absolute Gasteiger partial charge is 0.126 e. The summed E-state index contributed by atoms with van der Waals surface area (Å²) < 4.78 is 6.75. The minimum absolute atomic E-state index is 0.674. The van der Waals surface area contributed by atoms with Crippen LogP contribution in [0.3, 0.4) is 0 Å². The van der Waals surface area contributed by atoms with Gasteiger partial charge in [-0.1, -0.05) is 42.4 Å². The minimum Gasteiger partial charge on any atom is -0.493 e. The van der Waals surface area contributed by atoms with Crippen LogP contribution >= 0.6 is 15.9 Å². The highest BCUT2D eigenvalue weighted by molar-refractivity contribution is 9.10. The topological polar surface area (TPSA) is 9.23 Å². The molecular formula is C13H17BrO. The molecule has 0 fully saturated rings. The molecular weight excluding hydrogens is 252 g/mol. The Morgan fingerprint density at radius 3 is 2.80 bits per heavy atom. The lowest BCUT2D eigenvalue weighted by molar-refractivity contribution is 0.289. The zero-order valence-corrected chi connectivity index (χ0v) is 10.9. The fraction of sp³-hybridized carbons (Fsp3) is 0.385. The van der Waals surface area contributed by atoms with Gasteiger partial charge in [-0.05, 0) is 30.5 Å². The van der Waals surface area contributed by atoms with Crippen LogP contribution in [-0.4, -0.2) is 6.61 Å². The molecule has 0 heterocycles. The molecule has 0 atom stereocenters. The Labute approximate surface area is 100 Å². The molecule has 0 bridgehead atoms. The summed E-state index contributed by atoms with van der Waals surface area (Å²) in [5, 5.41) is 0. The standard InChI is InChI=1S/C13H17BrO/c1-4-11-9-12(14)5-6-13(11)15-8-7-10(2)3/h4-6,9-10H,1,7-8H2,2-3H3. The summed E-state index contributed by atoms with van der Waals surface area (Å²) in [4.78, 5) is 0. The fourth-order valence-corrected chi connectivity index (χ4v) is 1.59. The molecule has 0 aliphatic carbocycles. The van der Waals surface area contributed by atoms with Gasteiger partial charge in [0.05, 0.1) is 6.61 Å². The zero-order valence-electron chi connectivity index (χ0n) is 9.29. The number of rotatable bonds is 5. The molecule has 0 radical (unpaired) electrons. The lowest BCUT2D eigenvalue weighted by Crippen LogP contribution is -2.02. The van der Waals surface area contributed by atoms with Crippen molar-refractivity contribution in [2.24, 2.45) is 5.92 Å². The van der Waals surface area contributed by atoms with Crippen molar-refractivity contribution >= 4 is 22.0 Å². The molecule has 0 spiro atoms. The van der Waals surface area contributed by atoms with Crippen molar-refractivity contribution in [1.82, 2.24) is 0 Å². The van der Waals surface area contributed by atoms with Crippen molar-refractivity contribution in [3.63, 3.8) is 0 Å². The third-order valence-corrected chi connectivity index (χ3v) is 2.64. The van der Waals surface area contributed by atoms with E-state index < -0.39 is 0 Å². The van der Waals surface area contributed by atoms with Crippen LogP contribution in [0.4, 0.5) is 0 Å². The Hall–Kier alpha value is -0.760. The lowest BCUT2D eigenvalue weighted by Gasteiger charge is -2.10. The molecule has 0 saturated carbocycles. The number of benzene rings is 1. The van der Waals surface area contributed by atoms with E-state index in [2.05, 4.69) is 36.4 Å². The van der Waals surface area contributed by atoms with E-state index in [0.717, 1.165) is 28.8 Å². The second-order valence-electron chi connectivity index (χ2n) is 3.92. The number of hydrogen-bond acceptors (Lipinski definition) is 1. The van der Waals surface area contributed by atoms with Gasteiger partial charge in [0, 0.05) is 10.0 Å². The van der Waals surface area contributed by atoms with Crippen LogP contribution in [0.5, 0.6) is 5.75 Å². The number of ether oxygens (including phenoxy) is 1. The van der Waals surface area contributed by atoms with Crippen molar-refractivity contribution in [2.45, 2.75) is 20.3 Å². The SMILES string of the molecule is C=Cc1cc(Br)ccc1OCCC(C)C. The van der Waals surface area contributed by atoms with Crippen molar-refractivity contribution in [1.29, 1.82) is 0 Å². The maximum Gasteiger partial charge on any atom is 0.126 e. The van der Waals surface area contributed by atoms with E-state index in [9.17, 15) is 0 Å². The molecule has 0 amide bonds. The molecule has 1 nitrogen and oxygen atoms in total. The summed E-state index contributed by atoms with van der Waals surface area (Å²) in [6.07, 6.45) is 2.89. The molecule has 2 heteroatoms. The van der Waals surface area contributed by atoms with Gasteiger partial charge in [0.1, 0.15) is 5.75 Å². The Morgan fingerprint density at radius 2 is 2.20 bits per heavy atom. The van der Waals surface area contributed by atoms with Gasteiger partial charge in [0.2, 0.25) is 0 Å². The van der Waals surface area contributed by atoms with Gasteiger partial charge < -0.3 is 4.74 Å². The van der Waals surface area contributed by atoms with Crippen LogP contribution in [0.2, 0.25) is 0 Å². The van der Waals surface area contributed by atoms with Gasteiger partial charge >= 0.3 is 0 Å². The van der Waals surface area contributed by atoms with Crippen LogP contribution in [0.1, 0.15) is 25.8 Å². The molecule has 82 valence electrons. The summed E-state index contributed by atoms with van der Waals surface area (Å²) in [6, 6.07) is 5.97. The van der Waals surface area contributed by atoms with Crippen molar-refractivity contribution < 1.29 is 4.74 Å². The molecule has 1 rings (SSSR count). The average Bonchev–Trinajstić information content (AvgIpc) is 2.19. The minimum atomic E-state index is 0.674. The predicted molar refractivity (Wildman–Crippen MR) is 69.2 cm³/mol. The van der Waals surface area contributed by atoms with E-state index in [1.54, 1.807) is 0 Å². The van der Waals surface area contributed by atoms with Gasteiger partial charge in [0.15, 0.2) is 0 Å². The second kappa shape index (κ2) is 5.96. The first-order valence-corrected chi connectivity index (χ1v) is 5.97. The molecule has 0 aromatic heterocycles. The highest BCUT2D eigenvalue weighted by Gasteiger charge is 2.02. The molecule has 0 aliphatic rings. The van der Waals surface area contributed by atoms with Gasteiger partial charge in [-0.15, -0.1) is 0 Å². The normalized spacial score (nSPS) is 10.4. The van der Waals surface area contributed by atoms with Gasteiger partial charge in [-0.3, -0.25) is 0 Å². The predicted octanol–water partition coefficient (Wildman–Crippen LogP) is 4.52. The maximum absolute atomic E-state index is 5.70. The average molecular weight is 269 g/mol. The Morgan fingerprint density at radius 1 is 1.47 bits per heavy atom. The first kappa shape index (κ1) is 12.3. The maximum atomic E-state index is 5.70. The molecule has 1 aromatic rings. The molecule has 15 heavy (non-hydrogen) atoms. The quantitative estimate of drug-likeness (QED) is 0.763. The van der Waals surface area contributed by atoms with Crippen LogP contribution in [0.25, 0.3) is 6.08 Å². The van der Waals surface area contributed by atoms with E-state index in [1.165, 1.54) is 0 Å². The summed E-state index contributed by atoms with van der Waals surface area (Å²) in [5.41, 5.74) is 1.04. The van der Waals surface area contributed by atoms with E-state index >= 15 is 0 Å². The van der Waals surface area contributed by atoms with E-state index in [4.69, 9.17) is 4.74 Å². The van der Waals surface area contributed by atoms with Gasteiger partial charge in [-0.2, -0.15) is 0 Å². The molecule has 0 aliphatic heterocycles. The number of hydrogen-bond donors (Lipinski definition) is 0. The Balaban J connectivity index is 2.64. The van der Waals surface area contributed by atoms with Crippen LogP contribution in [-0.2, 0) is 0 Å². The van der Waals surface area contributed by atoms with Crippen molar-refractivity contribution in [2.75, 3.05) is 6.61 Å². The van der Waals surface area contributed by atoms with Crippen LogP contribution in [0, 0.1) is 5.92 Å². The highest BCUT2D eigenvalue weighted by Crippen LogP contribution is 2.24. The summed E-state index contributed by atoms with van der Waals surface area (Å²) in [7, 11) is 0. The third-order valence-electron chi connectivity index (χ3n) is 2.14. The summed E-state index contributed by atoms with van der Waals surface area (Å²) in [5.74, 6) is 1.58. The second-order valence-corrected chi connectivity index (χ2v) is 4.83.